The summed E-state index contributed by atoms with van der Waals surface area (Å²) in [6.45, 7) is 0. The third-order valence-electron chi connectivity index (χ3n) is 8.43. The van der Waals surface area contributed by atoms with Crippen molar-refractivity contribution in [2.45, 2.75) is 25.7 Å². The summed E-state index contributed by atoms with van der Waals surface area (Å²) in [5, 5.41) is 2.25. The molecule has 0 aromatic heterocycles. The SMILES string of the molecule is COC(=O)CCc1ccc(N(c2ccccc2)c2ccc3cc(N(c4ccccc4)c4ccc(CCC(=O)OC)cc4)ccc3c2)cc1. The third kappa shape index (κ3) is 7.56. The Labute approximate surface area is 281 Å². The van der Waals surface area contributed by atoms with Crippen molar-refractivity contribution in [3.63, 3.8) is 0 Å². The third-order valence-corrected chi connectivity index (χ3v) is 8.43. The predicted molar refractivity (Wildman–Crippen MR) is 194 cm³/mol. The van der Waals surface area contributed by atoms with E-state index in [0.29, 0.717) is 25.7 Å². The summed E-state index contributed by atoms with van der Waals surface area (Å²) in [5.41, 5.74) is 8.44. The first-order valence-corrected chi connectivity index (χ1v) is 16.1. The van der Waals surface area contributed by atoms with Crippen LogP contribution in [0.5, 0.6) is 0 Å². The van der Waals surface area contributed by atoms with Crippen molar-refractivity contribution in [3.8, 4) is 0 Å². The van der Waals surface area contributed by atoms with Crippen LogP contribution in [-0.4, -0.2) is 26.2 Å². The van der Waals surface area contributed by atoms with Gasteiger partial charge in [0.15, 0.2) is 0 Å². The maximum absolute atomic E-state index is 11.7. The Kier molecular flexibility index (Phi) is 10.1. The van der Waals surface area contributed by atoms with E-state index in [2.05, 4.69) is 119 Å². The molecule has 6 nitrogen and oxygen atoms in total. The molecule has 0 N–H and O–H groups in total. The molecule has 6 rings (SSSR count). The lowest BCUT2D eigenvalue weighted by Gasteiger charge is -2.27. The molecule has 0 aliphatic heterocycles. The fourth-order valence-corrected chi connectivity index (χ4v) is 5.87. The largest absolute Gasteiger partial charge is 0.469 e. The zero-order valence-corrected chi connectivity index (χ0v) is 27.2. The minimum Gasteiger partial charge on any atom is -0.469 e. The summed E-state index contributed by atoms with van der Waals surface area (Å²) < 4.78 is 9.62. The zero-order valence-electron chi connectivity index (χ0n) is 27.2. The number of benzene rings is 6. The van der Waals surface area contributed by atoms with Crippen LogP contribution in [0.25, 0.3) is 10.8 Å². The molecule has 6 aromatic rings. The van der Waals surface area contributed by atoms with Gasteiger partial charge in [0.1, 0.15) is 0 Å². The number of esters is 2. The molecule has 0 saturated carbocycles. The Morgan fingerprint density at radius 2 is 0.771 bits per heavy atom. The smallest absolute Gasteiger partial charge is 0.305 e. The fraction of sp³-hybridized carbons (Fsp3) is 0.143. The quantitative estimate of drug-likeness (QED) is 0.125. The normalized spacial score (nSPS) is 10.8. The average Bonchev–Trinajstić information content (AvgIpc) is 3.15. The van der Waals surface area contributed by atoms with Gasteiger partial charge < -0.3 is 19.3 Å². The van der Waals surface area contributed by atoms with E-state index in [1.165, 1.54) is 14.2 Å². The Morgan fingerprint density at radius 1 is 0.438 bits per heavy atom. The van der Waals surface area contributed by atoms with Crippen molar-refractivity contribution >= 4 is 56.8 Å². The standard InChI is InChI=1S/C42H38N2O4/c1-47-41(45)27-17-31-13-21-37(22-14-31)43(35-9-5-3-6-10-35)39-25-19-34-30-40(26-20-33(34)29-39)44(36-11-7-4-8-12-36)38-23-15-32(16-24-38)18-28-42(46)48-2/h3-16,19-26,29-30H,17-18,27-28H2,1-2H3. The highest BCUT2D eigenvalue weighted by atomic mass is 16.5. The second-order valence-corrected chi connectivity index (χ2v) is 11.5. The lowest BCUT2D eigenvalue weighted by molar-refractivity contribution is -0.141. The summed E-state index contributed by atoms with van der Waals surface area (Å²) >= 11 is 0. The Hall–Kier alpha value is -5.88. The molecule has 240 valence electrons. The molecule has 0 radical (unpaired) electrons. The number of anilines is 6. The number of nitrogens with zero attached hydrogens (tertiary/aromatic N) is 2. The van der Waals surface area contributed by atoms with Gasteiger partial charge in [-0.25, -0.2) is 0 Å². The van der Waals surface area contributed by atoms with Crippen molar-refractivity contribution in [3.05, 3.63) is 157 Å². The molecular weight excluding hydrogens is 596 g/mol. The van der Waals surface area contributed by atoms with E-state index >= 15 is 0 Å². The molecule has 0 atom stereocenters. The molecule has 48 heavy (non-hydrogen) atoms. The number of methoxy groups -OCH3 is 2. The van der Waals surface area contributed by atoms with Crippen LogP contribution in [0.2, 0.25) is 0 Å². The van der Waals surface area contributed by atoms with Gasteiger partial charge in [-0.05, 0) is 108 Å². The van der Waals surface area contributed by atoms with Crippen molar-refractivity contribution < 1.29 is 19.1 Å². The van der Waals surface area contributed by atoms with Gasteiger partial charge in [-0.2, -0.15) is 0 Å². The van der Waals surface area contributed by atoms with Gasteiger partial charge in [-0.15, -0.1) is 0 Å². The number of ether oxygens (including phenoxy) is 2. The molecule has 6 aromatic carbocycles. The number of rotatable bonds is 12. The van der Waals surface area contributed by atoms with Crippen LogP contribution in [0.4, 0.5) is 34.1 Å². The summed E-state index contributed by atoms with van der Waals surface area (Å²) in [7, 11) is 2.84. The first-order chi connectivity index (χ1) is 23.5. The van der Waals surface area contributed by atoms with Gasteiger partial charge >= 0.3 is 11.9 Å². The molecule has 0 aliphatic rings. The molecule has 0 saturated heterocycles. The molecule has 0 amide bonds. The summed E-state index contributed by atoms with van der Waals surface area (Å²) in [5.74, 6) is -0.414. The van der Waals surface area contributed by atoms with E-state index in [4.69, 9.17) is 9.47 Å². The van der Waals surface area contributed by atoms with Gasteiger partial charge in [-0.3, -0.25) is 9.59 Å². The van der Waals surface area contributed by atoms with Crippen molar-refractivity contribution in [2.24, 2.45) is 0 Å². The number of carbonyl (C=O) groups is 2. The van der Waals surface area contributed by atoms with Crippen LogP contribution in [0.3, 0.4) is 0 Å². The van der Waals surface area contributed by atoms with E-state index in [1.54, 1.807) is 0 Å². The molecule has 0 fully saturated rings. The molecule has 0 aliphatic carbocycles. The molecule has 0 bridgehead atoms. The van der Waals surface area contributed by atoms with Crippen molar-refractivity contribution in [2.75, 3.05) is 24.0 Å². The topological polar surface area (TPSA) is 59.1 Å². The van der Waals surface area contributed by atoms with Gasteiger partial charge in [0.2, 0.25) is 0 Å². The van der Waals surface area contributed by atoms with Gasteiger partial charge in [0.25, 0.3) is 0 Å². The van der Waals surface area contributed by atoms with Gasteiger partial charge in [0, 0.05) is 47.0 Å². The van der Waals surface area contributed by atoms with E-state index in [9.17, 15) is 9.59 Å². The molecule has 0 heterocycles. The highest BCUT2D eigenvalue weighted by Crippen LogP contribution is 2.39. The molecule has 6 heteroatoms. The Morgan fingerprint density at radius 3 is 1.12 bits per heavy atom. The zero-order chi connectivity index (χ0) is 33.3. The second kappa shape index (κ2) is 15.1. The summed E-state index contributed by atoms with van der Waals surface area (Å²) in [6, 6.07) is 50.5. The maximum Gasteiger partial charge on any atom is 0.305 e. The minimum absolute atomic E-state index is 0.207. The van der Waals surface area contributed by atoms with E-state index in [1.807, 2.05) is 36.4 Å². The van der Waals surface area contributed by atoms with Crippen LogP contribution in [0.1, 0.15) is 24.0 Å². The van der Waals surface area contributed by atoms with Gasteiger partial charge in [-0.1, -0.05) is 72.8 Å². The number of carbonyl (C=O) groups excluding carboxylic acids is 2. The van der Waals surface area contributed by atoms with Crippen molar-refractivity contribution in [1.82, 2.24) is 0 Å². The lowest BCUT2D eigenvalue weighted by atomic mass is 10.0. The van der Waals surface area contributed by atoms with Crippen LogP contribution in [0, 0.1) is 0 Å². The van der Waals surface area contributed by atoms with Crippen LogP contribution < -0.4 is 9.80 Å². The van der Waals surface area contributed by atoms with Crippen LogP contribution in [0.15, 0.2) is 146 Å². The molecule has 0 unspecified atom stereocenters. The minimum atomic E-state index is -0.207. The number of hydrogen-bond acceptors (Lipinski definition) is 6. The Balaban J connectivity index is 1.32. The summed E-state index contributed by atoms with van der Waals surface area (Å²) in [6.07, 6.45) is 1.98. The fourth-order valence-electron chi connectivity index (χ4n) is 5.87. The number of hydrogen-bond donors (Lipinski definition) is 0. The van der Waals surface area contributed by atoms with E-state index < -0.39 is 0 Å². The lowest BCUT2D eigenvalue weighted by Crippen LogP contribution is -2.11. The first-order valence-electron chi connectivity index (χ1n) is 16.1. The highest BCUT2D eigenvalue weighted by molar-refractivity contribution is 5.93. The number of para-hydroxylation sites is 2. The van der Waals surface area contributed by atoms with E-state index in [0.717, 1.165) is 56.0 Å². The predicted octanol–water partition coefficient (Wildman–Crippen LogP) is 9.99. The van der Waals surface area contributed by atoms with Crippen LogP contribution in [-0.2, 0) is 31.9 Å². The first kappa shape index (κ1) is 32.1. The van der Waals surface area contributed by atoms with Gasteiger partial charge in [0.05, 0.1) is 14.2 Å². The summed E-state index contributed by atoms with van der Waals surface area (Å²) in [4.78, 5) is 27.8. The van der Waals surface area contributed by atoms with E-state index in [-0.39, 0.29) is 11.9 Å². The monoisotopic (exact) mass is 634 g/mol. The highest BCUT2D eigenvalue weighted by Gasteiger charge is 2.16. The second-order valence-electron chi connectivity index (χ2n) is 11.5. The van der Waals surface area contributed by atoms with Crippen molar-refractivity contribution in [1.29, 1.82) is 0 Å². The Bertz CT molecular complexity index is 1830. The maximum atomic E-state index is 11.7. The number of fused-ring (bicyclic) bond motifs is 1. The molecular formula is C42H38N2O4. The van der Waals surface area contributed by atoms with Crippen LogP contribution >= 0.6 is 0 Å². The molecule has 0 spiro atoms. The average molecular weight is 635 g/mol. The number of aryl methyl sites for hydroxylation is 2.